The second kappa shape index (κ2) is 6.36. The van der Waals surface area contributed by atoms with Crippen LogP contribution in [-0.4, -0.2) is 48.3 Å². The molecule has 2 aliphatic rings. The number of likely N-dealkylation sites (tertiary alicyclic amines) is 1. The molecule has 0 saturated carbocycles. The van der Waals surface area contributed by atoms with Gasteiger partial charge in [0.15, 0.2) is 0 Å². The zero-order valence-electron chi connectivity index (χ0n) is 10.4. The van der Waals surface area contributed by atoms with Gasteiger partial charge in [-0.3, -0.25) is 4.79 Å². The summed E-state index contributed by atoms with van der Waals surface area (Å²) in [6, 6.07) is 0. The Balaban J connectivity index is 1.85. The van der Waals surface area contributed by atoms with E-state index < -0.39 is 0 Å². The lowest BCUT2D eigenvalue weighted by Crippen LogP contribution is -2.46. The molecule has 0 aromatic rings. The van der Waals surface area contributed by atoms with E-state index in [0.29, 0.717) is 5.92 Å². The van der Waals surface area contributed by atoms with Crippen LogP contribution in [0.4, 0.5) is 0 Å². The maximum atomic E-state index is 12.2. The van der Waals surface area contributed by atoms with Crippen LogP contribution in [-0.2, 0) is 9.53 Å². The van der Waals surface area contributed by atoms with Crippen molar-refractivity contribution >= 4 is 5.91 Å². The summed E-state index contributed by atoms with van der Waals surface area (Å²) in [6.07, 6.45) is 5.87. The van der Waals surface area contributed by atoms with Crippen LogP contribution < -0.4 is 0 Å². The van der Waals surface area contributed by atoms with Crippen molar-refractivity contribution in [2.24, 2.45) is 5.92 Å². The van der Waals surface area contributed by atoms with Gasteiger partial charge in [0.2, 0.25) is 0 Å². The minimum absolute atomic E-state index is 0.173. The second-order valence-corrected chi connectivity index (χ2v) is 5.16. The first-order chi connectivity index (χ1) is 8.31. The number of piperidine rings is 1. The van der Waals surface area contributed by atoms with Crippen molar-refractivity contribution in [2.45, 2.75) is 44.6 Å². The molecular weight excluding hydrogens is 218 g/mol. The molecular formula is C13H23NO3. The van der Waals surface area contributed by atoms with Crippen LogP contribution in [0.15, 0.2) is 0 Å². The molecule has 2 aliphatic heterocycles. The highest BCUT2D eigenvalue weighted by molar-refractivity contribution is 5.81. The Kier molecular flexibility index (Phi) is 4.80. The third kappa shape index (κ3) is 3.42. The average molecular weight is 241 g/mol. The number of nitrogens with zero attached hydrogens (tertiary/aromatic N) is 1. The van der Waals surface area contributed by atoms with Gasteiger partial charge in [0, 0.05) is 26.3 Å². The quantitative estimate of drug-likeness (QED) is 0.807. The summed E-state index contributed by atoms with van der Waals surface area (Å²) in [7, 11) is 0. The highest BCUT2D eigenvalue weighted by Gasteiger charge is 2.30. The summed E-state index contributed by atoms with van der Waals surface area (Å²) in [5.41, 5.74) is 0. The molecule has 2 rings (SSSR count). The van der Waals surface area contributed by atoms with Crippen molar-refractivity contribution in [1.82, 2.24) is 4.90 Å². The summed E-state index contributed by atoms with van der Waals surface area (Å²) in [6.45, 7) is 2.62. The minimum atomic E-state index is -0.198. The fourth-order valence-electron chi connectivity index (χ4n) is 2.82. The number of carbonyl (C=O) groups is 1. The first-order valence-corrected chi connectivity index (χ1v) is 6.82. The number of hydrogen-bond donors (Lipinski definition) is 1. The largest absolute Gasteiger partial charge is 0.396 e. The molecule has 0 radical (unpaired) electrons. The summed E-state index contributed by atoms with van der Waals surface area (Å²) < 4.78 is 5.55. The number of rotatable bonds is 3. The van der Waals surface area contributed by atoms with E-state index in [9.17, 15) is 4.79 Å². The van der Waals surface area contributed by atoms with Gasteiger partial charge in [-0.25, -0.2) is 0 Å². The van der Waals surface area contributed by atoms with Gasteiger partial charge < -0.3 is 14.7 Å². The van der Waals surface area contributed by atoms with E-state index in [2.05, 4.69) is 0 Å². The fourth-order valence-corrected chi connectivity index (χ4v) is 2.82. The molecule has 2 saturated heterocycles. The fraction of sp³-hybridized carbons (Fsp3) is 0.923. The molecule has 2 fully saturated rings. The Hall–Kier alpha value is -0.610. The Morgan fingerprint density at radius 1 is 1.29 bits per heavy atom. The average Bonchev–Trinajstić information content (AvgIpc) is 2.40. The number of carbonyl (C=O) groups excluding carboxylic acids is 1. The van der Waals surface area contributed by atoms with Gasteiger partial charge in [0.1, 0.15) is 6.10 Å². The zero-order chi connectivity index (χ0) is 12.1. The summed E-state index contributed by atoms with van der Waals surface area (Å²) in [5, 5.41) is 8.96. The SMILES string of the molecule is O=C(C1CCCCO1)N1CCCC(CCO)C1. The van der Waals surface area contributed by atoms with Gasteiger partial charge in [0.05, 0.1) is 0 Å². The molecule has 0 aliphatic carbocycles. The first-order valence-electron chi connectivity index (χ1n) is 6.82. The van der Waals surface area contributed by atoms with Crippen LogP contribution >= 0.6 is 0 Å². The van der Waals surface area contributed by atoms with Crippen molar-refractivity contribution in [2.75, 3.05) is 26.3 Å². The van der Waals surface area contributed by atoms with Gasteiger partial charge in [0.25, 0.3) is 5.91 Å². The van der Waals surface area contributed by atoms with E-state index in [1.807, 2.05) is 4.90 Å². The normalized spacial score (nSPS) is 30.3. The molecule has 0 bridgehead atoms. The molecule has 98 valence electrons. The lowest BCUT2D eigenvalue weighted by Gasteiger charge is -2.35. The topological polar surface area (TPSA) is 49.8 Å². The van der Waals surface area contributed by atoms with Crippen molar-refractivity contribution < 1.29 is 14.6 Å². The third-order valence-corrected chi connectivity index (χ3v) is 3.82. The lowest BCUT2D eigenvalue weighted by molar-refractivity contribution is -0.148. The van der Waals surface area contributed by atoms with Crippen molar-refractivity contribution in [3.05, 3.63) is 0 Å². The van der Waals surface area contributed by atoms with Crippen LogP contribution in [0, 0.1) is 5.92 Å². The van der Waals surface area contributed by atoms with Crippen LogP contribution in [0.5, 0.6) is 0 Å². The number of ether oxygens (including phenoxy) is 1. The molecule has 2 unspecified atom stereocenters. The lowest BCUT2D eigenvalue weighted by atomic mass is 9.94. The molecule has 1 N–H and O–H groups in total. The molecule has 1 amide bonds. The molecule has 2 atom stereocenters. The highest BCUT2D eigenvalue weighted by Crippen LogP contribution is 2.22. The number of hydrogen-bond acceptors (Lipinski definition) is 3. The monoisotopic (exact) mass is 241 g/mol. The summed E-state index contributed by atoms with van der Waals surface area (Å²) in [5.74, 6) is 0.647. The number of amides is 1. The van der Waals surface area contributed by atoms with Crippen LogP contribution in [0.1, 0.15) is 38.5 Å². The smallest absolute Gasteiger partial charge is 0.251 e. The molecule has 2 heterocycles. The molecule has 4 nitrogen and oxygen atoms in total. The Bertz CT molecular complexity index is 249. The van der Waals surface area contributed by atoms with Crippen LogP contribution in [0.25, 0.3) is 0 Å². The van der Waals surface area contributed by atoms with Crippen molar-refractivity contribution in [3.8, 4) is 0 Å². The maximum absolute atomic E-state index is 12.2. The molecule has 0 spiro atoms. The molecule has 17 heavy (non-hydrogen) atoms. The second-order valence-electron chi connectivity index (χ2n) is 5.16. The van der Waals surface area contributed by atoms with E-state index in [-0.39, 0.29) is 18.6 Å². The predicted octanol–water partition coefficient (Wildman–Crippen LogP) is 1.18. The van der Waals surface area contributed by atoms with Gasteiger partial charge in [-0.15, -0.1) is 0 Å². The standard InChI is InChI=1S/C13H23NO3/c15-8-6-11-4-3-7-14(10-11)13(16)12-5-1-2-9-17-12/h11-12,15H,1-10H2. The van der Waals surface area contributed by atoms with E-state index in [1.54, 1.807) is 0 Å². The molecule has 4 heteroatoms. The Labute approximate surface area is 103 Å². The molecule has 0 aromatic heterocycles. The highest BCUT2D eigenvalue weighted by atomic mass is 16.5. The summed E-state index contributed by atoms with van der Waals surface area (Å²) >= 11 is 0. The van der Waals surface area contributed by atoms with E-state index in [0.717, 1.165) is 58.2 Å². The van der Waals surface area contributed by atoms with Crippen LogP contribution in [0.3, 0.4) is 0 Å². The van der Waals surface area contributed by atoms with E-state index >= 15 is 0 Å². The van der Waals surface area contributed by atoms with Crippen molar-refractivity contribution in [1.29, 1.82) is 0 Å². The minimum Gasteiger partial charge on any atom is -0.396 e. The first kappa shape index (κ1) is 12.8. The Morgan fingerprint density at radius 3 is 2.88 bits per heavy atom. The summed E-state index contributed by atoms with van der Waals surface area (Å²) in [4.78, 5) is 14.2. The van der Waals surface area contributed by atoms with Crippen molar-refractivity contribution in [3.63, 3.8) is 0 Å². The van der Waals surface area contributed by atoms with E-state index in [1.165, 1.54) is 0 Å². The van der Waals surface area contributed by atoms with Gasteiger partial charge >= 0.3 is 0 Å². The maximum Gasteiger partial charge on any atom is 0.251 e. The van der Waals surface area contributed by atoms with Crippen LogP contribution in [0.2, 0.25) is 0 Å². The van der Waals surface area contributed by atoms with Gasteiger partial charge in [-0.1, -0.05) is 0 Å². The van der Waals surface area contributed by atoms with E-state index in [4.69, 9.17) is 9.84 Å². The van der Waals surface area contributed by atoms with Gasteiger partial charge in [-0.05, 0) is 44.4 Å². The zero-order valence-corrected chi connectivity index (χ0v) is 10.4. The Morgan fingerprint density at radius 2 is 2.18 bits per heavy atom. The van der Waals surface area contributed by atoms with Gasteiger partial charge in [-0.2, -0.15) is 0 Å². The third-order valence-electron chi connectivity index (χ3n) is 3.82. The number of aliphatic hydroxyl groups is 1. The predicted molar refractivity (Wildman–Crippen MR) is 64.6 cm³/mol. The molecule has 0 aromatic carbocycles. The number of aliphatic hydroxyl groups excluding tert-OH is 1.